The Hall–Kier alpha value is -1.80. The lowest BCUT2D eigenvalue weighted by Crippen LogP contribution is -2.14. The van der Waals surface area contributed by atoms with Crippen LogP contribution in [0.3, 0.4) is 0 Å². The summed E-state index contributed by atoms with van der Waals surface area (Å²) in [5.41, 5.74) is 0.0670. The predicted octanol–water partition coefficient (Wildman–Crippen LogP) is 4.51. The van der Waals surface area contributed by atoms with E-state index < -0.39 is 16.6 Å². The average molecular weight is 418 g/mol. The molecule has 0 aliphatic carbocycles. The Kier molecular flexibility index (Phi) is 4.69. The molecule has 0 aliphatic rings. The van der Waals surface area contributed by atoms with Crippen LogP contribution in [0.4, 0.5) is 15.8 Å². The summed E-state index contributed by atoms with van der Waals surface area (Å²) in [6.45, 7) is 0. The van der Waals surface area contributed by atoms with Crippen molar-refractivity contribution in [3.05, 3.63) is 66.8 Å². The van der Waals surface area contributed by atoms with Crippen LogP contribution in [0.2, 0.25) is 0 Å². The monoisotopic (exact) mass is 416 g/mol. The molecule has 0 unspecified atom stereocenters. The number of anilines is 1. The second-order valence-corrected chi connectivity index (χ2v) is 5.69. The van der Waals surface area contributed by atoms with Crippen molar-refractivity contribution in [1.29, 1.82) is 0 Å². The molecule has 0 spiro atoms. The maximum atomic E-state index is 13.8. The van der Waals surface area contributed by atoms with E-state index in [4.69, 9.17) is 0 Å². The molecule has 21 heavy (non-hydrogen) atoms. The van der Waals surface area contributed by atoms with Gasteiger partial charge in [0.15, 0.2) is 0 Å². The molecule has 0 aromatic heterocycles. The number of amides is 1. The zero-order valence-electron chi connectivity index (χ0n) is 10.3. The molecular formula is C13H7Br2FN2O3. The molecule has 1 N–H and O–H groups in total. The molecule has 108 valence electrons. The van der Waals surface area contributed by atoms with E-state index in [0.29, 0.717) is 5.69 Å². The smallest absolute Gasteiger partial charge is 0.283 e. The maximum absolute atomic E-state index is 13.8. The fourth-order valence-electron chi connectivity index (χ4n) is 1.61. The minimum absolute atomic E-state index is 0.123. The van der Waals surface area contributed by atoms with Crippen LogP contribution in [0, 0.1) is 15.9 Å². The van der Waals surface area contributed by atoms with Gasteiger partial charge in [-0.2, -0.15) is 0 Å². The van der Waals surface area contributed by atoms with Gasteiger partial charge in [0.05, 0.1) is 19.4 Å². The number of nitro groups is 1. The Balaban J connectivity index is 2.26. The molecule has 0 fully saturated rings. The molecule has 0 heterocycles. The first-order chi connectivity index (χ1) is 9.90. The summed E-state index contributed by atoms with van der Waals surface area (Å²) in [6, 6.07) is 8.36. The molecule has 2 aromatic carbocycles. The number of rotatable bonds is 3. The van der Waals surface area contributed by atoms with Crippen molar-refractivity contribution in [2.75, 3.05) is 5.32 Å². The molecule has 0 radical (unpaired) electrons. The first-order valence-electron chi connectivity index (χ1n) is 5.59. The fraction of sp³-hybridized carbons (Fsp3) is 0. The van der Waals surface area contributed by atoms with Gasteiger partial charge >= 0.3 is 0 Å². The van der Waals surface area contributed by atoms with Gasteiger partial charge in [-0.1, -0.05) is 6.07 Å². The van der Waals surface area contributed by atoms with Gasteiger partial charge in [0.1, 0.15) is 5.82 Å². The number of hydrogen-bond donors (Lipinski definition) is 1. The van der Waals surface area contributed by atoms with Gasteiger partial charge in [0, 0.05) is 11.8 Å². The van der Waals surface area contributed by atoms with Gasteiger partial charge in [0.25, 0.3) is 11.6 Å². The Labute approximate surface area is 135 Å². The highest BCUT2D eigenvalue weighted by molar-refractivity contribution is 9.10. The quantitative estimate of drug-likeness (QED) is 0.589. The Morgan fingerprint density at radius 3 is 2.52 bits per heavy atom. The molecule has 0 saturated heterocycles. The summed E-state index contributed by atoms with van der Waals surface area (Å²) < 4.78 is 14.2. The lowest BCUT2D eigenvalue weighted by Gasteiger charge is -2.07. The highest BCUT2D eigenvalue weighted by Crippen LogP contribution is 2.28. The summed E-state index contributed by atoms with van der Waals surface area (Å²) in [5.74, 6) is -1.31. The Morgan fingerprint density at radius 2 is 1.90 bits per heavy atom. The summed E-state index contributed by atoms with van der Waals surface area (Å²) in [6.07, 6.45) is 0. The molecule has 2 rings (SSSR count). The number of benzene rings is 2. The van der Waals surface area contributed by atoms with Gasteiger partial charge < -0.3 is 5.32 Å². The second kappa shape index (κ2) is 6.31. The molecule has 0 aliphatic heterocycles. The van der Waals surface area contributed by atoms with Gasteiger partial charge in [-0.15, -0.1) is 0 Å². The lowest BCUT2D eigenvalue weighted by atomic mass is 10.2. The summed E-state index contributed by atoms with van der Waals surface area (Å²) >= 11 is 6.04. The number of nitrogens with one attached hydrogen (secondary N) is 1. The van der Waals surface area contributed by atoms with Crippen LogP contribution in [0.5, 0.6) is 0 Å². The van der Waals surface area contributed by atoms with Crippen LogP contribution < -0.4 is 5.32 Å². The topological polar surface area (TPSA) is 72.2 Å². The van der Waals surface area contributed by atoms with E-state index in [1.807, 2.05) is 0 Å². The Bertz CT molecular complexity index is 737. The molecule has 5 nitrogen and oxygen atoms in total. The van der Waals surface area contributed by atoms with Gasteiger partial charge in [-0.05, 0) is 56.1 Å². The Morgan fingerprint density at radius 1 is 1.19 bits per heavy atom. The van der Waals surface area contributed by atoms with Crippen LogP contribution in [-0.2, 0) is 0 Å². The number of halogens is 3. The summed E-state index contributed by atoms with van der Waals surface area (Å²) in [4.78, 5) is 22.1. The predicted molar refractivity (Wildman–Crippen MR) is 82.8 cm³/mol. The van der Waals surface area contributed by atoms with Crippen molar-refractivity contribution in [3.8, 4) is 0 Å². The van der Waals surface area contributed by atoms with Crippen LogP contribution in [-0.4, -0.2) is 10.8 Å². The largest absolute Gasteiger partial charge is 0.322 e. The van der Waals surface area contributed by atoms with E-state index in [1.54, 1.807) is 0 Å². The SMILES string of the molecule is O=C(Nc1ccc([N+](=O)[O-])c(Br)c1)c1cccc(Br)c1F. The normalized spacial score (nSPS) is 10.2. The molecule has 2 aromatic rings. The molecule has 1 amide bonds. The van der Waals surface area contributed by atoms with E-state index >= 15 is 0 Å². The summed E-state index contributed by atoms with van der Waals surface area (Å²) in [7, 11) is 0. The zero-order valence-corrected chi connectivity index (χ0v) is 13.4. The van der Waals surface area contributed by atoms with Crippen molar-refractivity contribution in [3.63, 3.8) is 0 Å². The number of carbonyl (C=O) groups is 1. The van der Waals surface area contributed by atoms with Crippen LogP contribution >= 0.6 is 31.9 Å². The molecular weight excluding hydrogens is 411 g/mol. The van der Waals surface area contributed by atoms with E-state index in [9.17, 15) is 19.3 Å². The number of nitro benzene ring substituents is 1. The van der Waals surface area contributed by atoms with Gasteiger partial charge in [0.2, 0.25) is 0 Å². The third-order valence-electron chi connectivity index (χ3n) is 2.60. The van der Waals surface area contributed by atoms with E-state index in [1.165, 1.54) is 36.4 Å². The number of hydrogen-bond acceptors (Lipinski definition) is 3. The highest BCUT2D eigenvalue weighted by Gasteiger charge is 2.16. The van der Waals surface area contributed by atoms with E-state index in [-0.39, 0.29) is 20.2 Å². The third-order valence-corrected chi connectivity index (χ3v) is 3.85. The van der Waals surface area contributed by atoms with Gasteiger partial charge in [-0.25, -0.2) is 4.39 Å². The fourth-order valence-corrected chi connectivity index (χ4v) is 2.50. The highest BCUT2D eigenvalue weighted by atomic mass is 79.9. The van der Waals surface area contributed by atoms with Crippen LogP contribution in [0.15, 0.2) is 45.3 Å². The van der Waals surface area contributed by atoms with Crippen molar-refractivity contribution < 1.29 is 14.1 Å². The van der Waals surface area contributed by atoms with Crippen LogP contribution in [0.25, 0.3) is 0 Å². The molecule has 0 bridgehead atoms. The van der Waals surface area contributed by atoms with E-state index in [2.05, 4.69) is 37.2 Å². The van der Waals surface area contributed by atoms with Crippen molar-refractivity contribution in [2.24, 2.45) is 0 Å². The van der Waals surface area contributed by atoms with Gasteiger partial charge in [-0.3, -0.25) is 14.9 Å². The summed E-state index contributed by atoms with van der Waals surface area (Å²) in [5, 5.41) is 13.2. The second-order valence-electron chi connectivity index (χ2n) is 3.98. The first-order valence-corrected chi connectivity index (χ1v) is 7.18. The van der Waals surface area contributed by atoms with Crippen molar-refractivity contribution in [2.45, 2.75) is 0 Å². The molecule has 0 saturated carbocycles. The standard InChI is InChI=1S/C13H7Br2FN2O3/c14-9-3-1-2-8(12(9)16)13(19)17-7-4-5-11(18(20)21)10(15)6-7/h1-6H,(H,17,19). The first kappa shape index (κ1) is 15.6. The molecule has 8 heteroatoms. The lowest BCUT2D eigenvalue weighted by molar-refractivity contribution is -0.385. The molecule has 0 atom stereocenters. The number of nitrogens with zero attached hydrogens (tertiary/aromatic N) is 1. The maximum Gasteiger partial charge on any atom is 0.283 e. The minimum Gasteiger partial charge on any atom is -0.322 e. The average Bonchev–Trinajstić information content (AvgIpc) is 2.41. The van der Waals surface area contributed by atoms with Crippen molar-refractivity contribution >= 4 is 49.1 Å². The van der Waals surface area contributed by atoms with Crippen LogP contribution in [0.1, 0.15) is 10.4 Å². The zero-order chi connectivity index (χ0) is 15.6. The minimum atomic E-state index is -0.670. The van der Waals surface area contributed by atoms with Crippen molar-refractivity contribution in [1.82, 2.24) is 0 Å². The third kappa shape index (κ3) is 3.45. The number of carbonyl (C=O) groups excluding carboxylic acids is 1. The van der Waals surface area contributed by atoms with E-state index in [0.717, 1.165) is 0 Å².